The van der Waals surface area contributed by atoms with E-state index in [0.29, 0.717) is 24.1 Å². The molecule has 3 aromatic rings. The third-order valence-corrected chi connectivity index (χ3v) is 5.33. The van der Waals surface area contributed by atoms with Crippen molar-refractivity contribution in [1.82, 2.24) is 0 Å². The molecule has 0 bridgehead atoms. The number of aryl methyl sites for hydroxylation is 1. The van der Waals surface area contributed by atoms with Gasteiger partial charge in [0.1, 0.15) is 5.75 Å². The lowest BCUT2D eigenvalue weighted by Gasteiger charge is -2.18. The fourth-order valence-electron chi connectivity index (χ4n) is 3.64. The Morgan fingerprint density at radius 1 is 1.13 bits per heavy atom. The largest absolute Gasteiger partial charge is 0.496 e. The molecule has 0 aromatic heterocycles. The average molecular weight is 416 g/mol. The average Bonchev–Trinajstić information content (AvgIpc) is 2.78. The van der Waals surface area contributed by atoms with Gasteiger partial charge in [0.15, 0.2) is 0 Å². The minimum atomic E-state index is -0.862. The molecule has 0 saturated heterocycles. The first-order valence-electron chi connectivity index (χ1n) is 10.1. The van der Waals surface area contributed by atoms with Crippen LogP contribution in [0, 0.1) is 11.3 Å². The van der Waals surface area contributed by atoms with Crippen molar-refractivity contribution in [2.75, 3.05) is 12.4 Å². The number of carbonyl (C=O) groups excluding carboxylic acids is 1. The summed E-state index contributed by atoms with van der Waals surface area (Å²) in [6.45, 7) is 1.84. The van der Waals surface area contributed by atoms with Crippen molar-refractivity contribution in [3.8, 4) is 11.8 Å². The van der Waals surface area contributed by atoms with Crippen LogP contribution >= 0.6 is 0 Å². The molecule has 0 fully saturated rings. The van der Waals surface area contributed by atoms with Gasteiger partial charge < -0.3 is 15.2 Å². The summed E-state index contributed by atoms with van der Waals surface area (Å²) in [7, 11) is 1.62. The van der Waals surface area contributed by atoms with Crippen molar-refractivity contribution in [1.29, 1.82) is 5.26 Å². The van der Waals surface area contributed by atoms with Gasteiger partial charge in [-0.25, -0.2) is 0 Å². The fraction of sp³-hybridized carbons (Fsp3) is 0.240. The maximum atomic E-state index is 13.1. The number of fused-ring (bicyclic) bond motifs is 1. The van der Waals surface area contributed by atoms with Crippen molar-refractivity contribution in [3.63, 3.8) is 0 Å². The van der Waals surface area contributed by atoms with Crippen LogP contribution in [-0.4, -0.2) is 24.1 Å². The molecule has 6 heteroatoms. The Kier molecular flexibility index (Phi) is 6.88. The van der Waals surface area contributed by atoms with Crippen LogP contribution in [0.1, 0.15) is 42.4 Å². The minimum absolute atomic E-state index is 0.0433. The van der Waals surface area contributed by atoms with Crippen molar-refractivity contribution in [2.45, 2.75) is 32.1 Å². The molecule has 0 spiro atoms. The van der Waals surface area contributed by atoms with Gasteiger partial charge in [0.25, 0.3) is 0 Å². The first-order chi connectivity index (χ1) is 14.9. The van der Waals surface area contributed by atoms with Crippen LogP contribution in [0.5, 0.6) is 5.75 Å². The number of carboxylic acids is 1. The number of ether oxygens (including phenoxy) is 1. The van der Waals surface area contributed by atoms with Crippen LogP contribution < -0.4 is 10.1 Å². The summed E-state index contributed by atoms with van der Waals surface area (Å²) in [6, 6.07) is 18.7. The summed E-state index contributed by atoms with van der Waals surface area (Å²) in [5.41, 5.74) is 2.65. The van der Waals surface area contributed by atoms with Crippen molar-refractivity contribution in [2.24, 2.45) is 0 Å². The first-order valence-corrected chi connectivity index (χ1v) is 10.1. The second kappa shape index (κ2) is 9.77. The third kappa shape index (κ3) is 5.01. The van der Waals surface area contributed by atoms with E-state index in [4.69, 9.17) is 9.84 Å². The molecule has 2 N–H and O–H groups in total. The number of carboxylic acid groups (broad SMARTS) is 1. The summed E-state index contributed by atoms with van der Waals surface area (Å²) in [5, 5.41) is 22.9. The predicted molar refractivity (Wildman–Crippen MR) is 119 cm³/mol. The number of nitrogens with one attached hydrogen (secondary N) is 1. The molecule has 1 amide bonds. The SMILES string of the molecule is COc1ccc(C(C)C(=O)Nc2cc(C#N)ccc2CCCC(=O)O)c2ccccc12. The number of nitriles is 1. The molecule has 3 aromatic carbocycles. The van der Waals surface area contributed by atoms with E-state index in [2.05, 4.69) is 11.4 Å². The molecule has 6 nitrogen and oxygen atoms in total. The van der Waals surface area contributed by atoms with E-state index in [-0.39, 0.29) is 12.3 Å². The molecule has 0 aliphatic heterocycles. The maximum Gasteiger partial charge on any atom is 0.303 e. The maximum absolute atomic E-state index is 13.1. The van der Waals surface area contributed by atoms with Crippen LogP contribution in [0.2, 0.25) is 0 Å². The third-order valence-electron chi connectivity index (χ3n) is 5.33. The number of rotatable bonds is 8. The monoisotopic (exact) mass is 416 g/mol. The lowest BCUT2D eigenvalue weighted by Crippen LogP contribution is -2.20. The highest BCUT2D eigenvalue weighted by Gasteiger charge is 2.20. The van der Waals surface area contributed by atoms with Gasteiger partial charge >= 0.3 is 5.97 Å². The molecule has 158 valence electrons. The second-order valence-electron chi connectivity index (χ2n) is 7.34. The number of benzene rings is 3. The standard InChI is InChI=1S/C25H24N2O4/c1-16(19-12-13-23(31-2)21-8-4-3-7-20(19)21)25(30)27-22-14-17(15-26)10-11-18(22)6-5-9-24(28)29/h3-4,7-8,10-14,16H,5-6,9H2,1-2H3,(H,27,30)(H,28,29). The van der Waals surface area contributed by atoms with Gasteiger partial charge in [-0.15, -0.1) is 0 Å². The van der Waals surface area contributed by atoms with Crippen LogP contribution in [0.25, 0.3) is 10.8 Å². The number of anilines is 1. The zero-order valence-corrected chi connectivity index (χ0v) is 17.5. The smallest absolute Gasteiger partial charge is 0.303 e. The van der Waals surface area contributed by atoms with E-state index in [0.717, 1.165) is 27.6 Å². The summed E-state index contributed by atoms with van der Waals surface area (Å²) < 4.78 is 5.44. The van der Waals surface area contributed by atoms with Crippen molar-refractivity contribution < 1.29 is 19.4 Å². The van der Waals surface area contributed by atoms with E-state index >= 15 is 0 Å². The number of carbonyl (C=O) groups is 2. The summed E-state index contributed by atoms with van der Waals surface area (Å²) in [5.74, 6) is -0.771. The molecule has 0 radical (unpaired) electrons. The van der Waals surface area contributed by atoms with Crippen LogP contribution in [0.15, 0.2) is 54.6 Å². The molecule has 31 heavy (non-hydrogen) atoms. The normalized spacial score (nSPS) is 11.5. The number of nitrogens with zero attached hydrogens (tertiary/aromatic N) is 1. The summed E-state index contributed by atoms with van der Waals surface area (Å²) in [4.78, 5) is 24.0. The highest BCUT2D eigenvalue weighted by atomic mass is 16.5. The Balaban J connectivity index is 1.88. The Labute approximate surface area is 181 Å². The first kappa shape index (κ1) is 21.8. The number of hydrogen-bond acceptors (Lipinski definition) is 4. The molecule has 0 saturated carbocycles. The Morgan fingerprint density at radius 2 is 1.87 bits per heavy atom. The molecule has 1 unspecified atom stereocenters. The van der Waals surface area contributed by atoms with E-state index in [1.807, 2.05) is 43.3 Å². The Bertz CT molecular complexity index is 1160. The van der Waals surface area contributed by atoms with Crippen LogP contribution in [0.3, 0.4) is 0 Å². The highest BCUT2D eigenvalue weighted by Crippen LogP contribution is 2.33. The molecule has 0 heterocycles. The van der Waals surface area contributed by atoms with Crippen molar-refractivity contribution in [3.05, 3.63) is 71.3 Å². The van der Waals surface area contributed by atoms with Crippen LogP contribution in [0.4, 0.5) is 5.69 Å². The van der Waals surface area contributed by atoms with Gasteiger partial charge in [-0.05, 0) is 54.5 Å². The molecular formula is C25H24N2O4. The Morgan fingerprint density at radius 3 is 2.55 bits per heavy atom. The molecule has 1 atom stereocenters. The number of hydrogen-bond donors (Lipinski definition) is 2. The van der Waals surface area contributed by atoms with E-state index in [9.17, 15) is 14.9 Å². The van der Waals surface area contributed by atoms with E-state index in [1.54, 1.807) is 25.3 Å². The highest BCUT2D eigenvalue weighted by molar-refractivity contribution is 6.01. The lowest BCUT2D eigenvalue weighted by molar-refractivity contribution is -0.137. The van der Waals surface area contributed by atoms with Gasteiger partial charge in [-0.2, -0.15) is 5.26 Å². The van der Waals surface area contributed by atoms with Gasteiger partial charge in [-0.3, -0.25) is 9.59 Å². The fourth-order valence-corrected chi connectivity index (χ4v) is 3.64. The van der Waals surface area contributed by atoms with Gasteiger partial charge in [-0.1, -0.05) is 36.4 Å². The molecule has 3 rings (SSSR count). The number of methoxy groups -OCH3 is 1. The topological polar surface area (TPSA) is 99.4 Å². The minimum Gasteiger partial charge on any atom is -0.496 e. The summed E-state index contributed by atoms with van der Waals surface area (Å²) >= 11 is 0. The molecular weight excluding hydrogens is 392 g/mol. The zero-order chi connectivity index (χ0) is 22.4. The van der Waals surface area contributed by atoms with Gasteiger partial charge in [0.2, 0.25) is 5.91 Å². The van der Waals surface area contributed by atoms with Gasteiger partial charge in [0, 0.05) is 17.5 Å². The van der Waals surface area contributed by atoms with E-state index < -0.39 is 11.9 Å². The zero-order valence-electron chi connectivity index (χ0n) is 17.5. The van der Waals surface area contributed by atoms with Crippen LogP contribution in [-0.2, 0) is 16.0 Å². The van der Waals surface area contributed by atoms with Gasteiger partial charge in [0.05, 0.1) is 24.7 Å². The quantitative estimate of drug-likeness (QED) is 0.546. The molecule has 0 aliphatic carbocycles. The summed E-state index contributed by atoms with van der Waals surface area (Å²) in [6.07, 6.45) is 0.984. The Hall–Kier alpha value is -3.85. The van der Waals surface area contributed by atoms with Crippen molar-refractivity contribution >= 4 is 28.3 Å². The van der Waals surface area contributed by atoms with E-state index in [1.165, 1.54) is 0 Å². The molecule has 0 aliphatic rings. The lowest BCUT2D eigenvalue weighted by atomic mass is 9.93. The number of amides is 1. The predicted octanol–water partition coefficient (Wildman–Crippen LogP) is 4.87. The number of aliphatic carboxylic acids is 1. The second-order valence-corrected chi connectivity index (χ2v) is 7.34.